The van der Waals surface area contributed by atoms with Gasteiger partial charge in [0, 0.05) is 12.0 Å². The number of nitrogens with zero attached hydrogens (tertiary/aromatic N) is 1. The quantitative estimate of drug-likeness (QED) is 0.627. The maximum absolute atomic E-state index is 11.9. The first-order valence-corrected chi connectivity index (χ1v) is 4.96. The van der Waals surface area contributed by atoms with Gasteiger partial charge in [0.1, 0.15) is 0 Å². The van der Waals surface area contributed by atoms with Crippen LogP contribution in [0.3, 0.4) is 0 Å². The topological polar surface area (TPSA) is 60.8 Å². The zero-order valence-corrected chi connectivity index (χ0v) is 9.03. The van der Waals surface area contributed by atoms with E-state index < -0.39 is 11.5 Å². The molecule has 0 radical (unpaired) electrons. The maximum Gasteiger partial charge on any atom is 0.228 e. The van der Waals surface area contributed by atoms with E-state index in [0.29, 0.717) is 13.0 Å². The molecule has 0 aliphatic carbocycles. The third-order valence-electron chi connectivity index (χ3n) is 2.51. The number of aliphatic hydroxyl groups excluding tert-OH is 2. The molecule has 2 unspecified atom stereocenters. The molecular weight excluding hydrogens is 182 g/mol. The summed E-state index contributed by atoms with van der Waals surface area (Å²) < 4.78 is 0. The van der Waals surface area contributed by atoms with Crippen molar-refractivity contribution in [2.75, 3.05) is 13.2 Å². The monoisotopic (exact) mass is 201 g/mol. The van der Waals surface area contributed by atoms with Gasteiger partial charge in [-0.1, -0.05) is 20.8 Å². The molecule has 82 valence electrons. The Morgan fingerprint density at radius 3 is 2.50 bits per heavy atom. The van der Waals surface area contributed by atoms with Crippen molar-refractivity contribution in [2.24, 2.45) is 5.41 Å². The lowest BCUT2D eigenvalue weighted by Gasteiger charge is -2.29. The maximum atomic E-state index is 11.9. The van der Waals surface area contributed by atoms with E-state index in [0.717, 1.165) is 0 Å². The number of hydrogen-bond donors (Lipinski definition) is 2. The fourth-order valence-corrected chi connectivity index (χ4v) is 1.74. The zero-order chi connectivity index (χ0) is 10.9. The number of amides is 1. The number of rotatable bonds is 1. The van der Waals surface area contributed by atoms with Crippen molar-refractivity contribution in [1.82, 2.24) is 4.90 Å². The van der Waals surface area contributed by atoms with Crippen LogP contribution in [0.25, 0.3) is 0 Å². The smallest absolute Gasteiger partial charge is 0.228 e. The fourth-order valence-electron chi connectivity index (χ4n) is 1.74. The van der Waals surface area contributed by atoms with Crippen LogP contribution in [-0.2, 0) is 4.79 Å². The van der Waals surface area contributed by atoms with Crippen LogP contribution in [0.15, 0.2) is 0 Å². The minimum Gasteiger partial charge on any atom is -0.394 e. The van der Waals surface area contributed by atoms with Crippen molar-refractivity contribution in [3.63, 3.8) is 0 Å². The van der Waals surface area contributed by atoms with Crippen LogP contribution in [0.5, 0.6) is 0 Å². The van der Waals surface area contributed by atoms with E-state index in [2.05, 4.69) is 0 Å². The molecule has 1 saturated heterocycles. The van der Waals surface area contributed by atoms with Crippen molar-refractivity contribution in [3.8, 4) is 0 Å². The summed E-state index contributed by atoms with van der Waals surface area (Å²) in [6.45, 7) is 5.80. The summed E-state index contributed by atoms with van der Waals surface area (Å²) >= 11 is 0. The van der Waals surface area contributed by atoms with E-state index in [1.807, 2.05) is 20.8 Å². The number of aliphatic hydroxyl groups is 2. The zero-order valence-electron chi connectivity index (χ0n) is 9.03. The Bertz CT molecular complexity index is 222. The summed E-state index contributed by atoms with van der Waals surface area (Å²) in [6, 6.07) is -0.211. The number of carbonyl (C=O) groups is 1. The molecule has 0 saturated carbocycles. The van der Waals surface area contributed by atoms with E-state index in [1.54, 1.807) is 4.90 Å². The first-order chi connectivity index (χ1) is 6.36. The molecule has 1 aliphatic heterocycles. The van der Waals surface area contributed by atoms with Gasteiger partial charge in [-0.15, -0.1) is 0 Å². The minimum atomic E-state index is -0.488. The molecule has 4 heteroatoms. The van der Waals surface area contributed by atoms with Crippen molar-refractivity contribution in [3.05, 3.63) is 0 Å². The van der Waals surface area contributed by atoms with Gasteiger partial charge in [0.2, 0.25) is 5.91 Å². The van der Waals surface area contributed by atoms with Crippen molar-refractivity contribution >= 4 is 5.91 Å². The molecule has 0 aromatic carbocycles. The summed E-state index contributed by atoms with van der Waals surface area (Å²) in [5, 5.41) is 18.5. The second-order valence-corrected chi connectivity index (χ2v) is 4.93. The lowest BCUT2D eigenvalue weighted by molar-refractivity contribution is -0.141. The van der Waals surface area contributed by atoms with Gasteiger partial charge in [0.15, 0.2) is 0 Å². The highest BCUT2D eigenvalue weighted by molar-refractivity contribution is 5.82. The largest absolute Gasteiger partial charge is 0.394 e. The molecule has 1 amide bonds. The molecular formula is C10H19NO3. The Morgan fingerprint density at radius 1 is 1.50 bits per heavy atom. The summed E-state index contributed by atoms with van der Waals surface area (Å²) in [7, 11) is 0. The second-order valence-electron chi connectivity index (χ2n) is 4.93. The van der Waals surface area contributed by atoms with Crippen LogP contribution in [0.1, 0.15) is 27.2 Å². The van der Waals surface area contributed by atoms with Crippen molar-refractivity contribution in [1.29, 1.82) is 0 Å². The number of likely N-dealkylation sites (tertiary alicyclic amines) is 1. The van der Waals surface area contributed by atoms with Crippen LogP contribution in [0.4, 0.5) is 0 Å². The van der Waals surface area contributed by atoms with Gasteiger partial charge in [-0.3, -0.25) is 4.79 Å². The summed E-state index contributed by atoms with van der Waals surface area (Å²) in [5.74, 6) is -0.00639. The first kappa shape index (κ1) is 11.5. The van der Waals surface area contributed by atoms with Gasteiger partial charge in [-0.25, -0.2) is 0 Å². The molecule has 1 aliphatic rings. The molecule has 0 spiro atoms. The fraction of sp³-hybridized carbons (Fsp3) is 0.900. The molecule has 0 aromatic rings. The molecule has 2 N–H and O–H groups in total. The SMILES string of the molecule is CC(C)(C)C(=O)N1CC(O)CC1CO. The standard InChI is InChI=1S/C10H19NO3/c1-10(2,3)9(14)11-5-8(13)4-7(11)6-12/h7-8,12-13H,4-6H2,1-3H3. The molecule has 2 atom stereocenters. The third kappa shape index (κ3) is 2.25. The van der Waals surface area contributed by atoms with E-state index in [1.165, 1.54) is 0 Å². The Balaban J connectivity index is 2.72. The van der Waals surface area contributed by atoms with Gasteiger partial charge in [0.05, 0.1) is 18.8 Å². The normalized spacial score (nSPS) is 28.2. The molecule has 0 aromatic heterocycles. The molecule has 1 heterocycles. The van der Waals surface area contributed by atoms with Crippen LogP contribution in [-0.4, -0.2) is 46.3 Å². The Labute approximate surface area is 84.5 Å². The summed E-state index contributed by atoms with van der Waals surface area (Å²) in [6.07, 6.45) is -0.00310. The van der Waals surface area contributed by atoms with Crippen LogP contribution >= 0.6 is 0 Å². The van der Waals surface area contributed by atoms with Gasteiger partial charge >= 0.3 is 0 Å². The summed E-state index contributed by atoms with van der Waals surface area (Å²) in [5.41, 5.74) is -0.447. The lowest BCUT2D eigenvalue weighted by atomic mass is 9.94. The molecule has 0 bridgehead atoms. The van der Waals surface area contributed by atoms with Crippen molar-refractivity contribution in [2.45, 2.75) is 39.3 Å². The van der Waals surface area contributed by atoms with E-state index in [4.69, 9.17) is 5.11 Å². The van der Waals surface area contributed by atoms with Gasteiger partial charge in [-0.2, -0.15) is 0 Å². The highest BCUT2D eigenvalue weighted by atomic mass is 16.3. The number of β-amino-alcohol motifs (C(OH)–C–C–N with tert-alkyl or cyclic N) is 1. The molecule has 14 heavy (non-hydrogen) atoms. The average molecular weight is 201 g/mol. The minimum absolute atomic E-state index is 0.00639. The van der Waals surface area contributed by atoms with E-state index in [-0.39, 0.29) is 18.6 Å². The Kier molecular flexibility index (Phi) is 3.17. The van der Waals surface area contributed by atoms with Crippen LogP contribution in [0, 0.1) is 5.41 Å². The highest BCUT2D eigenvalue weighted by Crippen LogP contribution is 2.25. The predicted molar refractivity (Wildman–Crippen MR) is 52.7 cm³/mol. The Morgan fingerprint density at radius 2 is 2.07 bits per heavy atom. The molecule has 4 nitrogen and oxygen atoms in total. The van der Waals surface area contributed by atoms with Crippen LogP contribution in [0.2, 0.25) is 0 Å². The molecule has 1 fully saturated rings. The van der Waals surface area contributed by atoms with E-state index >= 15 is 0 Å². The van der Waals surface area contributed by atoms with E-state index in [9.17, 15) is 9.90 Å². The first-order valence-electron chi connectivity index (χ1n) is 4.96. The highest BCUT2D eigenvalue weighted by Gasteiger charge is 2.38. The summed E-state index contributed by atoms with van der Waals surface area (Å²) in [4.78, 5) is 13.5. The lowest BCUT2D eigenvalue weighted by Crippen LogP contribution is -2.44. The number of carbonyl (C=O) groups excluding carboxylic acids is 1. The van der Waals surface area contributed by atoms with Gasteiger partial charge in [0.25, 0.3) is 0 Å². The molecule has 1 rings (SSSR count). The van der Waals surface area contributed by atoms with Gasteiger partial charge in [-0.05, 0) is 6.42 Å². The number of hydrogen-bond acceptors (Lipinski definition) is 3. The predicted octanol–water partition coefficient (Wildman–Crippen LogP) is -0.0134. The third-order valence-corrected chi connectivity index (χ3v) is 2.51. The second kappa shape index (κ2) is 3.87. The average Bonchev–Trinajstić information content (AvgIpc) is 2.43. The van der Waals surface area contributed by atoms with Gasteiger partial charge < -0.3 is 15.1 Å². The van der Waals surface area contributed by atoms with Crippen molar-refractivity contribution < 1.29 is 15.0 Å². The van der Waals surface area contributed by atoms with Crippen LogP contribution < -0.4 is 0 Å². The Hall–Kier alpha value is -0.610.